The summed E-state index contributed by atoms with van der Waals surface area (Å²) in [7, 11) is 0. The van der Waals surface area contributed by atoms with Crippen LogP contribution in [-0.4, -0.2) is 11.1 Å². The van der Waals surface area contributed by atoms with Crippen LogP contribution in [0, 0.1) is 24.3 Å². The SMILES string of the molecule is Cc1cc2c(cc1C)[n+]([O-])c(NC1CCC1)n[n+]2[O-]. The number of hydrogen-bond acceptors (Lipinski definition) is 4. The number of nitrogens with zero attached hydrogens (tertiary/aromatic N) is 3. The van der Waals surface area contributed by atoms with Crippen molar-refractivity contribution in [3.05, 3.63) is 33.7 Å². The first-order chi connectivity index (χ1) is 9.06. The van der Waals surface area contributed by atoms with Crippen molar-refractivity contribution in [2.24, 2.45) is 0 Å². The van der Waals surface area contributed by atoms with Crippen molar-refractivity contribution in [2.45, 2.75) is 39.2 Å². The number of benzene rings is 1. The van der Waals surface area contributed by atoms with Gasteiger partial charge in [0.15, 0.2) is 5.52 Å². The predicted octanol–water partition coefficient (Wildman–Crippen LogP) is 1.08. The van der Waals surface area contributed by atoms with E-state index >= 15 is 0 Å². The Labute approximate surface area is 110 Å². The number of fused-ring (bicyclic) bond motifs is 1. The zero-order valence-electron chi connectivity index (χ0n) is 11.0. The van der Waals surface area contributed by atoms with Crippen molar-refractivity contribution in [1.29, 1.82) is 0 Å². The molecule has 0 amide bonds. The van der Waals surface area contributed by atoms with E-state index < -0.39 is 0 Å². The van der Waals surface area contributed by atoms with Gasteiger partial charge in [-0.15, -0.1) is 0 Å². The first-order valence-corrected chi connectivity index (χ1v) is 6.47. The molecule has 1 N–H and O–H groups in total. The van der Waals surface area contributed by atoms with Gasteiger partial charge in [-0.3, -0.25) is 5.32 Å². The largest absolute Gasteiger partial charge is 0.739 e. The molecule has 6 nitrogen and oxygen atoms in total. The van der Waals surface area contributed by atoms with Gasteiger partial charge in [-0.2, -0.15) is 0 Å². The summed E-state index contributed by atoms with van der Waals surface area (Å²) in [5, 5.41) is 31.0. The fourth-order valence-electron chi connectivity index (χ4n) is 2.22. The van der Waals surface area contributed by atoms with Gasteiger partial charge in [0.1, 0.15) is 0 Å². The molecule has 0 atom stereocenters. The smallest absolute Gasteiger partial charge is 0.461 e. The normalized spacial score (nSPS) is 15.5. The summed E-state index contributed by atoms with van der Waals surface area (Å²) in [6, 6.07) is 3.70. The zero-order chi connectivity index (χ0) is 13.6. The second kappa shape index (κ2) is 4.22. The van der Waals surface area contributed by atoms with E-state index in [1.807, 2.05) is 13.8 Å². The Morgan fingerprint density at radius 1 is 1.16 bits per heavy atom. The molecule has 0 radical (unpaired) electrons. The first-order valence-electron chi connectivity index (χ1n) is 6.47. The maximum atomic E-state index is 12.3. The summed E-state index contributed by atoms with van der Waals surface area (Å²) in [4.78, 5) is 0.525. The summed E-state index contributed by atoms with van der Waals surface area (Å²) >= 11 is 0. The van der Waals surface area contributed by atoms with Gasteiger partial charge >= 0.3 is 5.95 Å². The van der Waals surface area contributed by atoms with Crippen LogP contribution in [0.2, 0.25) is 0 Å². The van der Waals surface area contributed by atoms with Crippen LogP contribution in [-0.2, 0) is 0 Å². The highest BCUT2D eigenvalue weighted by Crippen LogP contribution is 2.21. The Morgan fingerprint density at radius 2 is 1.79 bits per heavy atom. The standard InChI is InChI=1S/C13H16N4O2/c1-8-6-11-12(7-9(8)2)17(19)15-13(16(11)18)14-10-4-3-5-10/h6-7,10H,3-5H2,1-2H3,(H,14,15). The summed E-state index contributed by atoms with van der Waals surface area (Å²) < 4.78 is 0.717. The number of aromatic nitrogens is 3. The van der Waals surface area contributed by atoms with E-state index in [4.69, 9.17) is 0 Å². The van der Waals surface area contributed by atoms with Crippen LogP contribution >= 0.6 is 0 Å². The lowest BCUT2D eigenvalue weighted by molar-refractivity contribution is -0.672. The summed E-state index contributed by atoms with van der Waals surface area (Å²) in [5.41, 5.74) is 2.61. The molecule has 6 heteroatoms. The van der Waals surface area contributed by atoms with Gasteiger partial charge in [-0.05, 0) is 50.3 Å². The molecule has 2 aromatic rings. The molecule has 1 aromatic heterocycles. The highest BCUT2D eigenvalue weighted by atomic mass is 16.5. The van der Waals surface area contributed by atoms with Crippen molar-refractivity contribution >= 4 is 17.0 Å². The number of aryl methyl sites for hydroxylation is 2. The molecule has 19 heavy (non-hydrogen) atoms. The lowest BCUT2D eigenvalue weighted by Gasteiger charge is -2.23. The number of anilines is 1. The molecular weight excluding hydrogens is 244 g/mol. The maximum Gasteiger partial charge on any atom is 0.461 e. The fourth-order valence-corrected chi connectivity index (χ4v) is 2.22. The third kappa shape index (κ3) is 1.93. The molecule has 1 heterocycles. The molecule has 1 aromatic carbocycles. The number of hydrogen-bond donors (Lipinski definition) is 1. The molecule has 100 valence electrons. The molecule has 1 aliphatic carbocycles. The van der Waals surface area contributed by atoms with Crippen molar-refractivity contribution in [2.75, 3.05) is 5.32 Å². The molecule has 0 aliphatic heterocycles. The molecule has 0 unspecified atom stereocenters. The summed E-state index contributed by atoms with van der Waals surface area (Å²) in [6.45, 7) is 3.83. The summed E-state index contributed by atoms with van der Waals surface area (Å²) in [6.07, 6.45) is 3.19. The average Bonchev–Trinajstić information content (AvgIpc) is 2.32. The summed E-state index contributed by atoms with van der Waals surface area (Å²) in [5.74, 6) is 0.0930. The van der Waals surface area contributed by atoms with Gasteiger partial charge in [0, 0.05) is 10.9 Å². The average molecular weight is 260 g/mol. The fraction of sp³-hybridized carbons (Fsp3) is 0.462. The lowest BCUT2D eigenvalue weighted by atomic mass is 9.93. The third-order valence-corrected chi connectivity index (χ3v) is 3.83. The van der Waals surface area contributed by atoms with Gasteiger partial charge in [-0.25, -0.2) is 4.73 Å². The predicted molar refractivity (Wildman–Crippen MR) is 70.4 cm³/mol. The minimum atomic E-state index is 0.0930. The van der Waals surface area contributed by atoms with Crippen LogP contribution in [0.3, 0.4) is 0 Å². The van der Waals surface area contributed by atoms with Crippen LogP contribution in [0.4, 0.5) is 5.95 Å². The molecule has 3 rings (SSSR count). The number of nitrogens with one attached hydrogen (secondary N) is 1. The van der Waals surface area contributed by atoms with Gasteiger partial charge < -0.3 is 10.4 Å². The molecule has 0 saturated heterocycles. The molecule has 0 bridgehead atoms. The van der Waals surface area contributed by atoms with E-state index in [9.17, 15) is 10.4 Å². The Morgan fingerprint density at radius 3 is 2.37 bits per heavy atom. The third-order valence-electron chi connectivity index (χ3n) is 3.83. The minimum Gasteiger partial charge on any atom is -0.739 e. The molecule has 1 aliphatic rings. The topological polar surface area (TPSA) is 78.8 Å². The van der Waals surface area contributed by atoms with Crippen LogP contribution in [0.15, 0.2) is 12.1 Å². The van der Waals surface area contributed by atoms with Gasteiger partial charge in [-0.1, -0.05) is 0 Å². The highest BCUT2D eigenvalue weighted by molar-refractivity contribution is 5.70. The van der Waals surface area contributed by atoms with Crippen molar-refractivity contribution < 1.29 is 9.58 Å². The Balaban J connectivity index is 2.14. The molecule has 1 fully saturated rings. The van der Waals surface area contributed by atoms with E-state index in [2.05, 4.69) is 10.4 Å². The lowest BCUT2D eigenvalue weighted by Crippen LogP contribution is -2.46. The van der Waals surface area contributed by atoms with E-state index in [1.54, 1.807) is 12.1 Å². The van der Waals surface area contributed by atoms with Crippen molar-refractivity contribution in [3.63, 3.8) is 0 Å². The second-order valence-corrected chi connectivity index (χ2v) is 5.19. The van der Waals surface area contributed by atoms with Gasteiger partial charge in [0.05, 0.1) is 6.04 Å². The van der Waals surface area contributed by atoms with E-state index in [-0.39, 0.29) is 12.0 Å². The first kappa shape index (κ1) is 12.0. The van der Waals surface area contributed by atoms with Crippen molar-refractivity contribution in [3.8, 4) is 0 Å². The Kier molecular flexibility index (Phi) is 2.66. The number of rotatable bonds is 2. The van der Waals surface area contributed by atoms with Crippen LogP contribution < -0.4 is 14.9 Å². The second-order valence-electron chi connectivity index (χ2n) is 5.19. The maximum absolute atomic E-state index is 12.3. The highest BCUT2D eigenvalue weighted by Gasteiger charge is 2.27. The Bertz CT molecular complexity index is 653. The Hall–Kier alpha value is -2.11. The van der Waals surface area contributed by atoms with E-state index in [0.717, 1.165) is 30.4 Å². The van der Waals surface area contributed by atoms with E-state index in [1.165, 1.54) is 0 Å². The van der Waals surface area contributed by atoms with Crippen LogP contribution in [0.25, 0.3) is 11.0 Å². The minimum absolute atomic E-state index is 0.0930. The monoisotopic (exact) mass is 260 g/mol. The van der Waals surface area contributed by atoms with Crippen LogP contribution in [0.1, 0.15) is 30.4 Å². The molecule has 0 spiro atoms. The van der Waals surface area contributed by atoms with Gasteiger partial charge in [0.2, 0.25) is 5.10 Å². The van der Waals surface area contributed by atoms with E-state index in [0.29, 0.717) is 20.6 Å². The van der Waals surface area contributed by atoms with Gasteiger partial charge in [0.25, 0.3) is 5.52 Å². The quantitative estimate of drug-likeness (QED) is 0.647. The molecular formula is C13H16N4O2. The van der Waals surface area contributed by atoms with Crippen molar-refractivity contribution in [1.82, 2.24) is 5.10 Å². The zero-order valence-corrected chi connectivity index (χ0v) is 11.0. The van der Waals surface area contributed by atoms with Crippen LogP contribution in [0.5, 0.6) is 0 Å². The molecule has 1 saturated carbocycles.